The average molecular weight is 521 g/mol. The summed E-state index contributed by atoms with van der Waals surface area (Å²) in [5.41, 5.74) is 4.07. The van der Waals surface area contributed by atoms with E-state index in [1.54, 1.807) is 0 Å². The minimum absolute atomic E-state index is 0.0825. The molecule has 0 radical (unpaired) electrons. The summed E-state index contributed by atoms with van der Waals surface area (Å²) in [7, 11) is 0. The molecule has 1 aromatic heterocycles. The zero-order valence-electron chi connectivity index (χ0n) is 22.0. The molecule has 2 aliphatic heterocycles. The SMILES string of the molecule is CCC(=O)NC1CCC(NC(=O)C2=C(C)NC(c3c(OCC4CC4)ccc4c3OCO4)c3cc[nH]c32)CC1. The number of fused-ring (bicyclic) bond motifs is 2. The molecule has 2 saturated carbocycles. The third-order valence-corrected chi connectivity index (χ3v) is 8.05. The van der Waals surface area contributed by atoms with Crippen molar-refractivity contribution in [2.45, 2.75) is 76.9 Å². The van der Waals surface area contributed by atoms with Crippen LogP contribution in [0.1, 0.15) is 81.7 Å². The quantitative estimate of drug-likeness (QED) is 0.420. The van der Waals surface area contributed by atoms with E-state index in [2.05, 4.69) is 20.9 Å². The lowest BCUT2D eigenvalue weighted by Gasteiger charge is -2.32. The van der Waals surface area contributed by atoms with Gasteiger partial charge in [0.05, 0.1) is 29.5 Å². The Morgan fingerprint density at radius 1 is 1.03 bits per heavy atom. The molecule has 202 valence electrons. The van der Waals surface area contributed by atoms with E-state index in [1.807, 2.05) is 38.2 Å². The number of carbonyl (C=O) groups excluding carboxylic acids is 2. The van der Waals surface area contributed by atoms with Gasteiger partial charge in [-0.3, -0.25) is 9.59 Å². The largest absolute Gasteiger partial charge is 0.493 e. The molecule has 6 rings (SSSR count). The molecule has 1 atom stereocenters. The first kappa shape index (κ1) is 24.7. The Morgan fingerprint density at radius 2 is 1.79 bits per heavy atom. The van der Waals surface area contributed by atoms with E-state index in [9.17, 15) is 9.59 Å². The lowest BCUT2D eigenvalue weighted by molar-refractivity contribution is -0.122. The summed E-state index contributed by atoms with van der Waals surface area (Å²) in [6.07, 6.45) is 8.21. The van der Waals surface area contributed by atoms with Crippen molar-refractivity contribution in [2.75, 3.05) is 13.4 Å². The maximum Gasteiger partial charge on any atom is 0.255 e. The van der Waals surface area contributed by atoms with Crippen molar-refractivity contribution in [1.29, 1.82) is 0 Å². The zero-order valence-corrected chi connectivity index (χ0v) is 22.0. The molecule has 0 saturated heterocycles. The standard InChI is InChI=1S/C29H36N4O5/c1-3-23(34)32-18-6-8-19(9-7-18)33-29(35)24-16(2)31-27(20-12-13-30-26(20)24)25-21(36-14-17-4-5-17)10-11-22-28(25)38-15-37-22/h10-13,17-19,27,30-31H,3-9,14-15H2,1-2H3,(H,32,34)(H,33,35). The summed E-state index contributed by atoms with van der Waals surface area (Å²) in [4.78, 5) is 28.6. The molecule has 2 fully saturated rings. The number of aromatic nitrogens is 1. The third kappa shape index (κ3) is 4.81. The van der Waals surface area contributed by atoms with Gasteiger partial charge in [0, 0.05) is 36.0 Å². The van der Waals surface area contributed by atoms with Crippen LogP contribution in [0.25, 0.3) is 5.57 Å². The Balaban J connectivity index is 1.22. The van der Waals surface area contributed by atoms with Crippen LogP contribution in [0.5, 0.6) is 17.2 Å². The molecule has 0 spiro atoms. The lowest BCUT2D eigenvalue weighted by atomic mass is 9.88. The number of rotatable bonds is 8. The van der Waals surface area contributed by atoms with Gasteiger partial charge in [-0.25, -0.2) is 0 Å². The first-order valence-electron chi connectivity index (χ1n) is 13.8. The molecule has 1 aromatic carbocycles. The van der Waals surface area contributed by atoms with Crippen LogP contribution in [0.3, 0.4) is 0 Å². The Bertz CT molecular complexity index is 1260. The van der Waals surface area contributed by atoms with Gasteiger partial charge in [-0.1, -0.05) is 6.92 Å². The number of aromatic amines is 1. The van der Waals surface area contributed by atoms with E-state index in [0.29, 0.717) is 36.0 Å². The minimum atomic E-state index is -0.253. The number of H-pyrrole nitrogens is 1. The highest BCUT2D eigenvalue weighted by Gasteiger charge is 2.37. The Hall–Kier alpha value is -3.62. The summed E-state index contributed by atoms with van der Waals surface area (Å²) < 4.78 is 17.9. The molecule has 3 heterocycles. The molecule has 2 aromatic rings. The number of ether oxygens (including phenoxy) is 3. The molecule has 9 heteroatoms. The maximum atomic E-state index is 13.6. The van der Waals surface area contributed by atoms with E-state index in [1.165, 1.54) is 12.8 Å². The van der Waals surface area contributed by atoms with Gasteiger partial charge in [0.25, 0.3) is 5.91 Å². The van der Waals surface area contributed by atoms with Crippen molar-refractivity contribution < 1.29 is 23.8 Å². The summed E-state index contributed by atoms with van der Waals surface area (Å²) in [6, 6.07) is 5.89. The number of carbonyl (C=O) groups is 2. The molecule has 4 aliphatic rings. The van der Waals surface area contributed by atoms with Gasteiger partial charge < -0.3 is 35.1 Å². The van der Waals surface area contributed by atoms with Crippen LogP contribution >= 0.6 is 0 Å². The van der Waals surface area contributed by atoms with E-state index in [0.717, 1.165) is 54.0 Å². The van der Waals surface area contributed by atoms with Crippen molar-refractivity contribution >= 4 is 17.4 Å². The fraction of sp³-hybridized carbons (Fsp3) is 0.517. The normalized spacial score (nSPS) is 23.9. The van der Waals surface area contributed by atoms with Crippen LogP contribution < -0.4 is 30.2 Å². The van der Waals surface area contributed by atoms with Gasteiger partial charge in [0.1, 0.15) is 5.75 Å². The predicted molar refractivity (Wildman–Crippen MR) is 142 cm³/mol. The van der Waals surface area contributed by atoms with Crippen molar-refractivity contribution in [1.82, 2.24) is 20.9 Å². The number of hydrogen-bond donors (Lipinski definition) is 4. The van der Waals surface area contributed by atoms with E-state index in [-0.39, 0.29) is 36.7 Å². The molecule has 0 bridgehead atoms. The zero-order chi connectivity index (χ0) is 26.2. The number of allylic oxidation sites excluding steroid dienone is 1. The first-order valence-corrected chi connectivity index (χ1v) is 13.8. The van der Waals surface area contributed by atoms with E-state index < -0.39 is 0 Å². The van der Waals surface area contributed by atoms with Crippen LogP contribution in [0.4, 0.5) is 0 Å². The molecule has 2 amide bonds. The Morgan fingerprint density at radius 3 is 2.53 bits per heavy atom. The second-order valence-electron chi connectivity index (χ2n) is 10.8. The van der Waals surface area contributed by atoms with Crippen LogP contribution in [-0.2, 0) is 9.59 Å². The second-order valence-corrected chi connectivity index (χ2v) is 10.8. The van der Waals surface area contributed by atoms with E-state index in [4.69, 9.17) is 14.2 Å². The smallest absolute Gasteiger partial charge is 0.255 e. The molecule has 4 N–H and O–H groups in total. The maximum absolute atomic E-state index is 13.6. The van der Waals surface area contributed by atoms with Crippen LogP contribution in [0, 0.1) is 5.92 Å². The van der Waals surface area contributed by atoms with Gasteiger partial charge in [0.2, 0.25) is 12.7 Å². The van der Waals surface area contributed by atoms with Gasteiger partial charge in [-0.05, 0) is 69.6 Å². The Kier molecular flexibility index (Phi) is 6.68. The fourth-order valence-corrected chi connectivity index (χ4v) is 5.74. The first-order chi connectivity index (χ1) is 18.5. The number of amides is 2. The fourth-order valence-electron chi connectivity index (χ4n) is 5.74. The topological polar surface area (TPSA) is 114 Å². The lowest BCUT2D eigenvalue weighted by Crippen LogP contribution is -2.44. The number of nitrogens with one attached hydrogen (secondary N) is 4. The average Bonchev–Trinajstić information content (AvgIpc) is 3.40. The summed E-state index contributed by atoms with van der Waals surface area (Å²) in [5.74, 6) is 2.77. The predicted octanol–water partition coefficient (Wildman–Crippen LogP) is 3.91. The van der Waals surface area contributed by atoms with Gasteiger partial charge in [0.15, 0.2) is 11.5 Å². The van der Waals surface area contributed by atoms with Gasteiger partial charge in [-0.15, -0.1) is 0 Å². The highest BCUT2D eigenvalue weighted by molar-refractivity contribution is 6.20. The molecular formula is C29H36N4O5. The molecular weight excluding hydrogens is 484 g/mol. The summed E-state index contributed by atoms with van der Waals surface area (Å²) in [5, 5.41) is 9.91. The van der Waals surface area contributed by atoms with E-state index >= 15 is 0 Å². The second kappa shape index (κ2) is 10.3. The highest BCUT2D eigenvalue weighted by atomic mass is 16.7. The van der Waals surface area contributed by atoms with Crippen molar-refractivity contribution in [2.24, 2.45) is 5.92 Å². The highest BCUT2D eigenvalue weighted by Crippen LogP contribution is 2.48. The molecule has 9 nitrogen and oxygen atoms in total. The number of benzene rings is 1. The monoisotopic (exact) mass is 520 g/mol. The number of hydrogen-bond acceptors (Lipinski definition) is 6. The van der Waals surface area contributed by atoms with Crippen molar-refractivity contribution in [3.8, 4) is 17.2 Å². The van der Waals surface area contributed by atoms with Crippen LogP contribution in [0.2, 0.25) is 0 Å². The summed E-state index contributed by atoms with van der Waals surface area (Å²) >= 11 is 0. The molecule has 1 unspecified atom stereocenters. The molecule has 2 aliphatic carbocycles. The van der Waals surface area contributed by atoms with Crippen molar-refractivity contribution in [3.63, 3.8) is 0 Å². The minimum Gasteiger partial charge on any atom is -0.493 e. The third-order valence-electron chi connectivity index (χ3n) is 8.05. The Labute approximate surface area is 222 Å². The van der Waals surface area contributed by atoms with Crippen LogP contribution in [0.15, 0.2) is 30.1 Å². The molecule has 38 heavy (non-hydrogen) atoms. The van der Waals surface area contributed by atoms with Crippen LogP contribution in [-0.4, -0.2) is 42.3 Å². The van der Waals surface area contributed by atoms with Gasteiger partial charge >= 0.3 is 0 Å². The summed E-state index contributed by atoms with van der Waals surface area (Å²) in [6.45, 7) is 4.66. The van der Waals surface area contributed by atoms with Crippen molar-refractivity contribution in [3.05, 3.63) is 46.9 Å². The van der Waals surface area contributed by atoms with Gasteiger partial charge in [-0.2, -0.15) is 0 Å².